The van der Waals surface area contributed by atoms with Crippen LogP contribution in [-0.2, 0) is 6.54 Å². The monoisotopic (exact) mass is 349 g/mol. The molecule has 2 heterocycles. The quantitative estimate of drug-likeness (QED) is 0.759. The van der Waals surface area contributed by atoms with Crippen molar-refractivity contribution in [2.75, 3.05) is 5.32 Å². The second-order valence-electron chi connectivity index (χ2n) is 5.00. The van der Waals surface area contributed by atoms with Crippen LogP contribution < -0.4 is 5.32 Å². The maximum atomic E-state index is 12.1. The number of amides is 1. The molecule has 1 amide bonds. The summed E-state index contributed by atoms with van der Waals surface area (Å²) in [6, 6.07) is 10.3. The standard InChI is InChI=1S/C16H13Cl2N3O2/c1-10-7-15(19-16(22)14-3-2-6-23-14)21(20-10)9-11-4-5-12(17)8-13(11)18/h2-8H,9H2,1H3,(H,19,22). The Morgan fingerprint density at radius 2 is 2.13 bits per heavy atom. The minimum atomic E-state index is -0.335. The molecule has 0 atom stereocenters. The van der Waals surface area contributed by atoms with Gasteiger partial charge in [0.1, 0.15) is 5.82 Å². The molecule has 3 rings (SSSR count). The zero-order valence-corrected chi connectivity index (χ0v) is 13.7. The van der Waals surface area contributed by atoms with Gasteiger partial charge in [-0.05, 0) is 36.8 Å². The zero-order valence-electron chi connectivity index (χ0n) is 12.2. The molecule has 1 aromatic carbocycles. The van der Waals surface area contributed by atoms with E-state index in [0.29, 0.717) is 22.4 Å². The van der Waals surface area contributed by atoms with E-state index in [1.165, 1.54) is 6.26 Å². The molecule has 0 bridgehead atoms. The number of aromatic nitrogens is 2. The molecule has 7 heteroatoms. The third kappa shape index (κ3) is 3.57. The number of carbonyl (C=O) groups is 1. The third-order valence-corrected chi connectivity index (χ3v) is 3.81. The van der Waals surface area contributed by atoms with Gasteiger partial charge in [0.25, 0.3) is 5.91 Å². The van der Waals surface area contributed by atoms with Crippen LogP contribution in [0.2, 0.25) is 10.0 Å². The highest BCUT2D eigenvalue weighted by atomic mass is 35.5. The van der Waals surface area contributed by atoms with Crippen molar-refractivity contribution in [1.29, 1.82) is 0 Å². The van der Waals surface area contributed by atoms with Crippen LogP contribution in [0.5, 0.6) is 0 Å². The summed E-state index contributed by atoms with van der Waals surface area (Å²) in [5.74, 6) is 0.466. The lowest BCUT2D eigenvalue weighted by molar-refractivity contribution is 0.0995. The average Bonchev–Trinajstić information content (AvgIpc) is 3.12. The van der Waals surface area contributed by atoms with E-state index in [1.807, 2.05) is 13.0 Å². The van der Waals surface area contributed by atoms with Gasteiger partial charge in [0.2, 0.25) is 0 Å². The van der Waals surface area contributed by atoms with Gasteiger partial charge in [-0.1, -0.05) is 29.3 Å². The van der Waals surface area contributed by atoms with Crippen molar-refractivity contribution in [3.05, 3.63) is 69.7 Å². The number of anilines is 1. The predicted molar refractivity (Wildman–Crippen MR) is 89.2 cm³/mol. The van der Waals surface area contributed by atoms with Crippen molar-refractivity contribution in [3.8, 4) is 0 Å². The smallest absolute Gasteiger partial charge is 0.292 e. The summed E-state index contributed by atoms with van der Waals surface area (Å²) in [6.07, 6.45) is 1.45. The average molecular weight is 350 g/mol. The van der Waals surface area contributed by atoms with Gasteiger partial charge in [-0.2, -0.15) is 5.10 Å². The van der Waals surface area contributed by atoms with Gasteiger partial charge in [-0.15, -0.1) is 0 Å². The van der Waals surface area contributed by atoms with Gasteiger partial charge >= 0.3 is 0 Å². The highest BCUT2D eigenvalue weighted by Gasteiger charge is 2.14. The Balaban J connectivity index is 1.84. The van der Waals surface area contributed by atoms with E-state index in [0.717, 1.165) is 11.3 Å². The van der Waals surface area contributed by atoms with Crippen LogP contribution in [0.15, 0.2) is 47.1 Å². The largest absolute Gasteiger partial charge is 0.459 e. The summed E-state index contributed by atoms with van der Waals surface area (Å²) >= 11 is 12.1. The molecule has 0 aliphatic rings. The molecular formula is C16H13Cl2N3O2. The summed E-state index contributed by atoms with van der Waals surface area (Å²) in [6.45, 7) is 2.26. The van der Waals surface area contributed by atoms with Crippen LogP contribution in [0.4, 0.5) is 5.82 Å². The fourth-order valence-corrected chi connectivity index (χ4v) is 2.63. The van der Waals surface area contributed by atoms with Gasteiger partial charge in [0.15, 0.2) is 5.76 Å². The van der Waals surface area contributed by atoms with Crippen LogP contribution in [0.25, 0.3) is 0 Å². The summed E-state index contributed by atoms with van der Waals surface area (Å²) in [5, 5.41) is 8.29. The van der Waals surface area contributed by atoms with E-state index < -0.39 is 0 Å². The van der Waals surface area contributed by atoms with Crippen molar-refractivity contribution in [1.82, 2.24) is 9.78 Å². The molecule has 0 radical (unpaired) electrons. The molecule has 0 aliphatic carbocycles. The highest BCUT2D eigenvalue weighted by molar-refractivity contribution is 6.35. The SMILES string of the molecule is Cc1cc(NC(=O)c2ccco2)n(Cc2ccc(Cl)cc2Cl)n1. The summed E-state index contributed by atoms with van der Waals surface area (Å²) in [7, 11) is 0. The number of rotatable bonds is 4. The van der Waals surface area contributed by atoms with Gasteiger partial charge < -0.3 is 9.73 Å². The van der Waals surface area contributed by atoms with Crippen molar-refractivity contribution >= 4 is 34.9 Å². The Labute approximate surface area is 142 Å². The van der Waals surface area contributed by atoms with Crippen LogP contribution >= 0.6 is 23.2 Å². The Bertz CT molecular complexity index is 841. The molecule has 2 aromatic heterocycles. The highest BCUT2D eigenvalue weighted by Crippen LogP contribution is 2.23. The zero-order chi connectivity index (χ0) is 16.4. The maximum Gasteiger partial charge on any atom is 0.292 e. The minimum absolute atomic E-state index is 0.236. The first kappa shape index (κ1) is 15.6. The number of hydrogen-bond donors (Lipinski definition) is 1. The van der Waals surface area contributed by atoms with Gasteiger partial charge in [-0.3, -0.25) is 4.79 Å². The number of furan rings is 1. The second kappa shape index (κ2) is 6.48. The van der Waals surface area contributed by atoms with Gasteiger partial charge in [0, 0.05) is 16.1 Å². The van der Waals surface area contributed by atoms with Crippen LogP contribution in [0.1, 0.15) is 21.8 Å². The lowest BCUT2D eigenvalue weighted by Gasteiger charge is -2.09. The predicted octanol–water partition coefficient (Wildman–Crippen LogP) is 4.39. The maximum absolute atomic E-state index is 12.1. The fraction of sp³-hybridized carbons (Fsp3) is 0.125. The van der Waals surface area contributed by atoms with Crippen molar-refractivity contribution in [2.45, 2.75) is 13.5 Å². The van der Waals surface area contributed by atoms with Gasteiger partial charge in [-0.25, -0.2) is 4.68 Å². The van der Waals surface area contributed by atoms with E-state index in [9.17, 15) is 4.79 Å². The summed E-state index contributed by atoms with van der Waals surface area (Å²) in [5.41, 5.74) is 1.64. The molecule has 0 fully saturated rings. The lowest BCUT2D eigenvalue weighted by atomic mass is 10.2. The Hall–Kier alpha value is -2.24. The molecule has 5 nitrogen and oxygen atoms in total. The van der Waals surface area contributed by atoms with E-state index in [-0.39, 0.29) is 11.7 Å². The molecule has 0 spiro atoms. The molecule has 23 heavy (non-hydrogen) atoms. The Morgan fingerprint density at radius 3 is 2.83 bits per heavy atom. The van der Waals surface area contributed by atoms with Crippen LogP contribution in [0, 0.1) is 6.92 Å². The molecule has 0 aliphatic heterocycles. The van der Waals surface area contributed by atoms with E-state index in [1.54, 1.807) is 35.0 Å². The number of carbonyl (C=O) groups excluding carboxylic acids is 1. The van der Waals surface area contributed by atoms with E-state index in [4.69, 9.17) is 27.6 Å². The van der Waals surface area contributed by atoms with Crippen LogP contribution in [0.3, 0.4) is 0 Å². The van der Waals surface area contributed by atoms with Crippen molar-refractivity contribution in [3.63, 3.8) is 0 Å². The van der Waals surface area contributed by atoms with Crippen molar-refractivity contribution < 1.29 is 9.21 Å². The number of benzene rings is 1. The van der Waals surface area contributed by atoms with E-state index >= 15 is 0 Å². The number of aryl methyl sites for hydroxylation is 1. The molecule has 118 valence electrons. The fourth-order valence-electron chi connectivity index (χ4n) is 2.16. The Morgan fingerprint density at radius 1 is 1.30 bits per heavy atom. The van der Waals surface area contributed by atoms with Crippen molar-refractivity contribution in [2.24, 2.45) is 0 Å². The van der Waals surface area contributed by atoms with Crippen LogP contribution in [-0.4, -0.2) is 15.7 Å². The summed E-state index contributed by atoms with van der Waals surface area (Å²) < 4.78 is 6.76. The minimum Gasteiger partial charge on any atom is -0.459 e. The number of hydrogen-bond acceptors (Lipinski definition) is 3. The molecule has 0 saturated heterocycles. The normalized spacial score (nSPS) is 10.7. The molecule has 1 N–H and O–H groups in total. The second-order valence-corrected chi connectivity index (χ2v) is 5.84. The van der Waals surface area contributed by atoms with Gasteiger partial charge in [0.05, 0.1) is 18.5 Å². The van der Waals surface area contributed by atoms with E-state index in [2.05, 4.69) is 10.4 Å². The topological polar surface area (TPSA) is 60.1 Å². The molecular weight excluding hydrogens is 337 g/mol. The molecule has 3 aromatic rings. The molecule has 0 saturated carbocycles. The number of nitrogens with zero attached hydrogens (tertiary/aromatic N) is 2. The first-order valence-electron chi connectivity index (χ1n) is 6.86. The third-order valence-electron chi connectivity index (χ3n) is 3.22. The number of nitrogens with one attached hydrogen (secondary N) is 1. The summed E-state index contributed by atoms with van der Waals surface area (Å²) in [4.78, 5) is 12.1. The Kier molecular flexibility index (Phi) is 4.41. The molecule has 0 unspecified atom stereocenters. The number of halogens is 2. The first-order chi connectivity index (χ1) is 11.0. The lowest BCUT2D eigenvalue weighted by Crippen LogP contribution is -2.15. The first-order valence-corrected chi connectivity index (χ1v) is 7.62.